The van der Waals surface area contributed by atoms with Crippen molar-refractivity contribution in [3.63, 3.8) is 0 Å². The molecular weight excluding hydrogens is 310 g/mol. The Hall–Kier alpha value is -2.53. The van der Waals surface area contributed by atoms with Gasteiger partial charge in [0.1, 0.15) is 10.8 Å². The maximum Gasteiger partial charge on any atom is 0.161 e. The van der Waals surface area contributed by atoms with E-state index in [2.05, 4.69) is 4.98 Å². The van der Waals surface area contributed by atoms with Crippen LogP contribution in [-0.2, 0) is 0 Å². The summed E-state index contributed by atoms with van der Waals surface area (Å²) in [5, 5.41) is 12.5. The van der Waals surface area contributed by atoms with E-state index >= 15 is 0 Å². The molecule has 2 aromatic carbocycles. The van der Waals surface area contributed by atoms with Gasteiger partial charge in [-0.15, -0.1) is 11.3 Å². The largest absolute Gasteiger partial charge is 0.508 e. The molecule has 1 aromatic heterocycles. The Balaban J connectivity index is 1.68. The normalized spacial score (nSPS) is 13.6. The van der Waals surface area contributed by atoms with Crippen molar-refractivity contribution in [3.05, 3.63) is 47.8 Å². The second kappa shape index (κ2) is 5.93. The van der Waals surface area contributed by atoms with Gasteiger partial charge in [0.25, 0.3) is 0 Å². The molecule has 1 N–H and O–H groups in total. The van der Waals surface area contributed by atoms with Crippen molar-refractivity contribution in [2.45, 2.75) is 6.42 Å². The minimum absolute atomic E-state index is 0.245. The molecule has 0 atom stereocenters. The molecule has 0 saturated heterocycles. The Labute approximate surface area is 138 Å². The van der Waals surface area contributed by atoms with Crippen molar-refractivity contribution >= 4 is 11.3 Å². The van der Waals surface area contributed by atoms with E-state index in [1.807, 2.05) is 35.7 Å². The summed E-state index contributed by atoms with van der Waals surface area (Å²) in [5.41, 5.74) is 2.80. The molecule has 0 radical (unpaired) electrons. The van der Waals surface area contributed by atoms with E-state index in [1.54, 1.807) is 23.5 Å². The number of benzene rings is 2. The summed E-state index contributed by atoms with van der Waals surface area (Å²) in [4.78, 5) is 4.68. The number of thiazole rings is 1. The average molecular weight is 325 g/mol. The number of ether oxygens (including phenoxy) is 2. The van der Waals surface area contributed by atoms with Gasteiger partial charge in [0.05, 0.1) is 18.9 Å². The molecule has 0 fully saturated rings. The van der Waals surface area contributed by atoms with Crippen LogP contribution < -0.4 is 9.47 Å². The molecule has 0 unspecified atom stereocenters. The lowest BCUT2D eigenvalue weighted by Crippen LogP contribution is -1.97. The highest BCUT2D eigenvalue weighted by molar-refractivity contribution is 7.13. The van der Waals surface area contributed by atoms with Crippen LogP contribution in [0.1, 0.15) is 6.42 Å². The number of phenols is 1. The number of rotatable bonds is 2. The Bertz CT molecular complexity index is 844. The van der Waals surface area contributed by atoms with Crippen LogP contribution in [0, 0.1) is 0 Å². The molecule has 0 spiro atoms. The van der Waals surface area contributed by atoms with E-state index in [-0.39, 0.29) is 5.75 Å². The van der Waals surface area contributed by atoms with Crippen LogP contribution in [0.3, 0.4) is 0 Å². The number of nitrogens with zero attached hydrogens (tertiary/aromatic N) is 1. The third-order valence-corrected chi connectivity index (χ3v) is 4.53. The average Bonchev–Trinajstić information content (AvgIpc) is 2.94. The summed E-state index contributed by atoms with van der Waals surface area (Å²) in [6.45, 7) is 1.35. The van der Waals surface area contributed by atoms with Gasteiger partial charge in [-0.3, -0.25) is 0 Å². The molecule has 3 aromatic rings. The summed E-state index contributed by atoms with van der Waals surface area (Å²) in [7, 11) is 0. The van der Waals surface area contributed by atoms with Crippen LogP contribution in [0.25, 0.3) is 21.8 Å². The van der Waals surface area contributed by atoms with Crippen molar-refractivity contribution in [3.8, 4) is 39.1 Å². The molecule has 4 rings (SSSR count). The third kappa shape index (κ3) is 2.87. The van der Waals surface area contributed by atoms with Crippen LogP contribution in [0.15, 0.2) is 47.8 Å². The van der Waals surface area contributed by atoms with E-state index in [0.717, 1.165) is 39.7 Å². The summed E-state index contributed by atoms with van der Waals surface area (Å²) in [6.07, 6.45) is 0.891. The Morgan fingerprint density at radius 2 is 1.83 bits per heavy atom. The predicted octanol–water partition coefficient (Wildman–Crippen LogP) is 4.34. The van der Waals surface area contributed by atoms with Gasteiger partial charge in [-0.1, -0.05) is 12.1 Å². The Kier molecular flexibility index (Phi) is 3.63. The van der Waals surface area contributed by atoms with Gasteiger partial charge in [-0.2, -0.15) is 0 Å². The highest BCUT2D eigenvalue weighted by atomic mass is 32.1. The summed E-state index contributed by atoms with van der Waals surface area (Å²) in [5.74, 6) is 1.80. The first kappa shape index (κ1) is 14.1. The number of aromatic nitrogens is 1. The van der Waals surface area contributed by atoms with Crippen molar-refractivity contribution in [1.29, 1.82) is 0 Å². The fraction of sp³-hybridized carbons (Fsp3) is 0.167. The zero-order valence-electron chi connectivity index (χ0n) is 12.4. The topological polar surface area (TPSA) is 51.6 Å². The zero-order chi connectivity index (χ0) is 15.6. The second-order valence-corrected chi connectivity index (χ2v) is 6.16. The van der Waals surface area contributed by atoms with E-state index < -0.39 is 0 Å². The van der Waals surface area contributed by atoms with E-state index in [4.69, 9.17) is 9.47 Å². The SMILES string of the molecule is Oc1cccc(-c2nc(-c3ccc4c(c3)OCCCO4)cs2)c1. The van der Waals surface area contributed by atoms with Crippen molar-refractivity contribution < 1.29 is 14.6 Å². The molecule has 116 valence electrons. The smallest absolute Gasteiger partial charge is 0.161 e. The number of aromatic hydroxyl groups is 1. The summed E-state index contributed by atoms with van der Waals surface area (Å²) in [6, 6.07) is 13.0. The second-order valence-electron chi connectivity index (χ2n) is 5.30. The Morgan fingerprint density at radius 3 is 2.70 bits per heavy atom. The zero-order valence-corrected chi connectivity index (χ0v) is 13.2. The molecule has 1 aliphatic rings. The van der Waals surface area contributed by atoms with Gasteiger partial charge >= 0.3 is 0 Å². The molecule has 23 heavy (non-hydrogen) atoms. The number of phenolic OH excluding ortho intramolecular Hbond substituents is 1. The van der Waals surface area contributed by atoms with E-state index in [9.17, 15) is 5.11 Å². The first-order valence-electron chi connectivity index (χ1n) is 7.44. The fourth-order valence-corrected chi connectivity index (χ4v) is 3.33. The van der Waals surface area contributed by atoms with Crippen molar-refractivity contribution in [2.75, 3.05) is 13.2 Å². The minimum atomic E-state index is 0.245. The minimum Gasteiger partial charge on any atom is -0.508 e. The molecule has 4 nitrogen and oxygen atoms in total. The molecule has 0 amide bonds. The van der Waals surface area contributed by atoms with Gasteiger partial charge in [-0.25, -0.2) is 4.98 Å². The van der Waals surface area contributed by atoms with Crippen LogP contribution in [-0.4, -0.2) is 23.3 Å². The van der Waals surface area contributed by atoms with Crippen molar-refractivity contribution in [1.82, 2.24) is 4.98 Å². The lowest BCUT2D eigenvalue weighted by atomic mass is 10.1. The third-order valence-electron chi connectivity index (χ3n) is 3.64. The molecular formula is C18H15NO3S. The number of hydrogen-bond acceptors (Lipinski definition) is 5. The highest BCUT2D eigenvalue weighted by Gasteiger charge is 2.13. The van der Waals surface area contributed by atoms with Crippen LogP contribution in [0.2, 0.25) is 0 Å². The van der Waals surface area contributed by atoms with Gasteiger partial charge in [-0.05, 0) is 30.3 Å². The quantitative estimate of drug-likeness (QED) is 0.761. The van der Waals surface area contributed by atoms with E-state index in [1.165, 1.54) is 0 Å². The summed E-state index contributed by atoms with van der Waals surface area (Å²) < 4.78 is 11.4. The monoisotopic (exact) mass is 325 g/mol. The fourth-order valence-electron chi connectivity index (χ4n) is 2.50. The molecule has 2 heterocycles. The first-order chi connectivity index (χ1) is 11.3. The maximum absolute atomic E-state index is 9.60. The van der Waals surface area contributed by atoms with Gasteiger partial charge in [0.2, 0.25) is 0 Å². The van der Waals surface area contributed by atoms with Gasteiger partial charge in [0.15, 0.2) is 11.5 Å². The predicted molar refractivity (Wildman–Crippen MR) is 90.3 cm³/mol. The molecule has 0 saturated carbocycles. The lowest BCUT2D eigenvalue weighted by Gasteiger charge is -2.08. The number of hydrogen-bond donors (Lipinski definition) is 1. The maximum atomic E-state index is 9.60. The first-order valence-corrected chi connectivity index (χ1v) is 8.32. The van der Waals surface area contributed by atoms with Gasteiger partial charge in [0, 0.05) is 22.9 Å². The standard InChI is InChI=1S/C18H15NO3S/c20-14-4-1-3-13(9-14)18-19-15(11-23-18)12-5-6-16-17(10-12)22-8-2-7-21-16/h1,3-6,9-11,20H,2,7-8H2. The van der Waals surface area contributed by atoms with Crippen molar-refractivity contribution in [2.24, 2.45) is 0 Å². The van der Waals surface area contributed by atoms with Crippen LogP contribution >= 0.6 is 11.3 Å². The van der Waals surface area contributed by atoms with E-state index in [0.29, 0.717) is 13.2 Å². The number of fused-ring (bicyclic) bond motifs is 1. The lowest BCUT2D eigenvalue weighted by molar-refractivity contribution is 0.297. The molecule has 5 heteroatoms. The Morgan fingerprint density at radius 1 is 0.957 bits per heavy atom. The molecule has 1 aliphatic heterocycles. The highest BCUT2D eigenvalue weighted by Crippen LogP contribution is 2.36. The van der Waals surface area contributed by atoms with Crippen LogP contribution in [0.4, 0.5) is 0 Å². The molecule has 0 bridgehead atoms. The van der Waals surface area contributed by atoms with Gasteiger partial charge < -0.3 is 14.6 Å². The molecule has 0 aliphatic carbocycles. The summed E-state index contributed by atoms with van der Waals surface area (Å²) >= 11 is 1.55. The van der Waals surface area contributed by atoms with Crippen LogP contribution in [0.5, 0.6) is 17.2 Å².